The third kappa shape index (κ3) is 3.08. The van der Waals surface area contributed by atoms with Crippen molar-refractivity contribution in [2.75, 3.05) is 19.9 Å². The molecule has 150 valence electrons. The van der Waals surface area contributed by atoms with E-state index in [2.05, 4.69) is 0 Å². The lowest BCUT2D eigenvalue weighted by atomic mass is 9.95. The molecule has 8 heteroatoms. The summed E-state index contributed by atoms with van der Waals surface area (Å²) in [5, 5.41) is 12.5. The number of benzene rings is 1. The van der Waals surface area contributed by atoms with Gasteiger partial charge in [0.2, 0.25) is 12.6 Å². The number of ketones is 1. The Morgan fingerprint density at radius 3 is 2.86 bits per heavy atom. The van der Waals surface area contributed by atoms with E-state index < -0.39 is 17.7 Å². The molecule has 3 aliphatic heterocycles. The van der Waals surface area contributed by atoms with Crippen molar-refractivity contribution in [3.05, 3.63) is 57.5 Å². The number of aliphatic hydroxyl groups is 1. The minimum atomic E-state index is -0.712. The molecule has 1 N–H and O–H groups in total. The highest BCUT2D eigenvalue weighted by atomic mass is 32.1. The van der Waals surface area contributed by atoms with Gasteiger partial charge in [0.15, 0.2) is 17.3 Å². The first kappa shape index (κ1) is 18.2. The van der Waals surface area contributed by atoms with Gasteiger partial charge in [-0.25, -0.2) is 0 Å². The topological polar surface area (TPSA) is 85.3 Å². The first-order chi connectivity index (χ1) is 14.1. The van der Waals surface area contributed by atoms with Crippen LogP contribution < -0.4 is 9.47 Å². The van der Waals surface area contributed by atoms with E-state index in [9.17, 15) is 14.7 Å². The summed E-state index contributed by atoms with van der Waals surface area (Å²) in [7, 11) is 0. The highest BCUT2D eigenvalue weighted by Gasteiger charge is 2.45. The van der Waals surface area contributed by atoms with Crippen LogP contribution in [0.2, 0.25) is 0 Å². The van der Waals surface area contributed by atoms with Crippen LogP contribution in [0.1, 0.15) is 34.1 Å². The molecule has 1 aromatic carbocycles. The van der Waals surface area contributed by atoms with E-state index >= 15 is 0 Å². The number of nitrogens with zero attached hydrogens (tertiary/aromatic N) is 1. The molecule has 0 bridgehead atoms. The maximum Gasteiger partial charge on any atom is 0.290 e. The van der Waals surface area contributed by atoms with Gasteiger partial charge in [-0.05, 0) is 42.0 Å². The number of amides is 1. The van der Waals surface area contributed by atoms with Crippen molar-refractivity contribution >= 4 is 23.0 Å². The molecule has 29 heavy (non-hydrogen) atoms. The predicted octanol–water partition coefficient (Wildman–Crippen LogP) is 3.23. The third-order valence-corrected chi connectivity index (χ3v) is 6.30. The van der Waals surface area contributed by atoms with Crippen molar-refractivity contribution in [2.45, 2.75) is 25.0 Å². The monoisotopic (exact) mass is 413 g/mol. The van der Waals surface area contributed by atoms with E-state index in [0.29, 0.717) is 35.1 Å². The standard InChI is InChI=1S/C21H19NO6S/c23-19(16-4-2-8-29-16)17-18(12-5-6-14-15(9-12)28-11-27-14)22(21(25)20(17)24)10-13-3-1-7-26-13/h2,4-6,8-9,13,18,24H,1,3,7,10-11H2/t13-,18+/m1/s1. The fourth-order valence-corrected chi connectivity index (χ4v) is 4.73. The summed E-state index contributed by atoms with van der Waals surface area (Å²) in [6, 6.07) is 8.08. The van der Waals surface area contributed by atoms with Crippen molar-refractivity contribution in [3.63, 3.8) is 0 Å². The molecule has 5 rings (SSSR count). The van der Waals surface area contributed by atoms with Crippen molar-refractivity contribution < 1.29 is 28.9 Å². The van der Waals surface area contributed by atoms with Gasteiger partial charge >= 0.3 is 0 Å². The molecule has 0 radical (unpaired) electrons. The highest BCUT2D eigenvalue weighted by molar-refractivity contribution is 7.12. The lowest BCUT2D eigenvalue weighted by Crippen LogP contribution is -2.37. The van der Waals surface area contributed by atoms with Crippen LogP contribution in [0.4, 0.5) is 0 Å². The number of hydrogen-bond acceptors (Lipinski definition) is 7. The Morgan fingerprint density at radius 2 is 2.10 bits per heavy atom. The number of rotatable bonds is 5. The molecule has 0 saturated carbocycles. The average Bonchev–Trinajstić information content (AvgIpc) is 3.51. The Bertz CT molecular complexity index is 993. The molecule has 4 heterocycles. The van der Waals surface area contributed by atoms with Crippen molar-refractivity contribution in [2.24, 2.45) is 0 Å². The van der Waals surface area contributed by atoms with Gasteiger partial charge in [-0.3, -0.25) is 9.59 Å². The number of thiophene rings is 1. The summed E-state index contributed by atoms with van der Waals surface area (Å²) in [6.07, 6.45) is 1.66. The van der Waals surface area contributed by atoms with Gasteiger partial charge in [0.05, 0.1) is 22.6 Å². The zero-order chi connectivity index (χ0) is 20.0. The number of carbonyl (C=O) groups excluding carboxylic acids is 2. The van der Waals surface area contributed by atoms with Gasteiger partial charge in [0, 0.05) is 13.2 Å². The first-order valence-electron chi connectivity index (χ1n) is 9.47. The summed E-state index contributed by atoms with van der Waals surface area (Å²) in [5.41, 5.74) is 0.777. The zero-order valence-electron chi connectivity index (χ0n) is 15.5. The van der Waals surface area contributed by atoms with Gasteiger partial charge in [-0.2, -0.15) is 0 Å². The Morgan fingerprint density at radius 1 is 1.24 bits per heavy atom. The number of ether oxygens (including phenoxy) is 3. The molecule has 1 fully saturated rings. The maximum atomic E-state index is 13.2. The minimum absolute atomic E-state index is 0.0920. The van der Waals surface area contributed by atoms with Crippen LogP contribution in [0.25, 0.3) is 0 Å². The molecule has 0 unspecified atom stereocenters. The third-order valence-electron chi connectivity index (χ3n) is 5.43. The van der Waals surface area contributed by atoms with Gasteiger partial charge in [0.1, 0.15) is 0 Å². The van der Waals surface area contributed by atoms with Gasteiger partial charge in [0.25, 0.3) is 5.91 Å². The van der Waals surface area contributed by atoms with Crippen LogP contribution >= 0.6 is 11.3 Å². The van der Waals surface area contributed by atoms with Crippen molar-refractivity contribution in [3.8, 4) is 11.5 Å². The second kappa shape index (κ2) is 7.20. The van der Waals surface area contributed by atoms with Crippen LogP contribution in [0.3, 0.4) is 0 Å². The zero-order valence-corrected chi connectivity index (χ0v) is 16.3. The lowest BCUT2D eigenvalue weighted by Gasteiger charge is -2.29. The Hall–Kier alpha value is -2.84. The minimum Gasteiger partial charge on any atom is -0.503 e. The average molecular weight is 413 g/mol. The summed E-state index contributed by atoms with van der Waals surface area (Å²) >= 11 is 1.28. The van der Waals surface area contributed by atoms with E-state index in [1.807, 2.05) is 0 Å². The van der Waals surface area contributed by atoms with Crippen molar-refractivity contribution in [1.82, 2.24) is 4.90 Å². The van der Waals surface area contributed by atoms with E-state index in [1.54, 1.807) is 35.7 Å². The fourth-order valence-electron chi connectivity index (χ4n) is 4.05. The number of hydrogen-bond donors (Lipinski definition) is 1. The summed E-state index contributed by atoms with van der Waals surface area (Å²) < 4.78 is 16.6. The smallest absolute Gasteiger partial charge is 0.290 e. The molecule has 1 amide bonds. The Kier molecular flexibility index (Phi) is 4.52. The van der Waals surface area contributed by atoms with Crippen LogP contribution in [-0.4, -0.2) is 47.7 Å². The van der Waals surface area contributed by atoms with E-state index in [0.717, 1.165) is 12.8 Å². The molecule has 1 aromatic heterocycles. The quantitative estimate of drug-likeness (QED) is 0.758. The molecular weight excluding hydrogens is 394 g/mol. The second-order valence-corrected chi connectivity index (χ2v) is 8.12. The lowest BCUT2D eigenvalue weighted by molar-refractivity contribution is -0.131. The SMILES string of the molecule is O=C(C1=C(O)C(=O)N(C[C@H]2CCCO2)[C@H]1c1ccc2c(c1)OCO2)c1cccs1. The summed E-state index contributed by atoms with van der Waals surface area (Å²) in [6.45, 7) is 1.09. The second-order valence-electron chi connectivity index (χ2n) is 7.18. The molecule has 7 nitrogen and oxygen atoms in total. The van der Waals surface area contributed by atoms with E-state index in [4.69, 9.17) is 14.2 Å². The number of carbonyl (C=O) groups is 2. The normalized spacial score (nSPS) is 23.3. The largest absolute Gasteiger partial charge is 0.503 e. The van der Waals surface area contributed by atoms with E-state index in [-0.39, 0.29) is 24.3 Å². The molecular formula is C21H19NO6S. The van der Waals surface area contributed by atoms with Gasteiger partial charge in [-0.15, -0.1) is 11.3 Å². The highest BCUT2D eigenvalue weighted by Crippen LogP contribution is 2.43. The Labute approximate surface area is 171 Å². The number of fused-ring (bicyclic) bond motifs is 1. The van der Waals surface area contributed by atoms with Crippen molar-refractivity contribution in [1.29, 1.82) is 0 Å². The fraction of sp³-hybridized carbons (Fsp3) is 0.333. The van der Waals surface area contributed by atoms with Crippen LogP contribution in [0.5, 0.6) is 11.5 Å². The maximum absolute atomic E-state index is 13.2. The number of aliphatic hydroxyl groups excluding tert-OH is 1. The molecule has 2 atom stereocenters. The van der Waals surface area contributed by atoms with E-state index in [1.165, 1.54) is 16.2 Å². The van der Waals surface area contributed by atoms with Crippen LogP contribution in [-0.2, 0) is 9.53 Å². The Balaban J connectivity index is 1.57. The first-order valence-corrected chi connectivity index (χ1v) is 10.3. The molecule has 0 aliphatic carbocycles. The molecule has 1 saturated heterocycles. The predicted molar refractivity (Wildman–Crippen MR) is 104 cm³/mol. The molecule has 0 spiro atoms. The summed E-state index contributed by atoms with van der Waals surface area (Å²) in [4.78, 5) is 28.2. The summed E-state index contributed by atoms with van der Waals surface area (Å²) in [5.74, 6) is -0.222. The molecule has 2 aromatic rings. The van der Waals surface area contributed by atoms with Crippen LogP contribution in [0, 0.1) is 0 Å². The number of Topliss-reactive ketones (excluding diaryl/α,β-unsaturated/α-hetero) is 1. The van der Waals surface area contributed by atoms with Gasteiger partial charge in [-0.1, -0.05) is 12.1 Å². The van der Waals surface area contributed by atoms with Gasteiger partial charge < -0.3 is 24.2 Å². The molecule has 3 aliphatic rings. The van der Waals surface area contributed by atoms with Crippen LogP contribution in [0.15, 0.2) is 47.0 Å².